The Kier molecular flexibility index (Phi) is 3.83. The lowest BCUT2D eigenvalue weighted by Gasteiger charge is -2.15. The Bertz CT molecular complexity index is 744. The smallest absolute Gasteiger partial charge is 0.258 e. The lowest BCUT2D eigenvalue weighted by molar-refractivity contribution is -0.757. The van der Waals surface area contributed by atoms with Gasteiger partial charge in [-0.2, -0.15) is 0 Å². The molecule has 1 heterocycles. The van der Waals surface area contributed by atoms with Crippen LogP contribution in [0.15, 0.2) is 27.3 Å². The van der Waals surface area contributed by atoms with Crippen molar-refractivity contribution in [3.63, 3.8) is 0 Å². The maximum absolute atomic E-state index is 13.8. The average Bonchev–Trinajstić information content (AvgIpc) is 2.61. The van der Waals surface area contributed by atoms with Crippen molar-refractivity contribution in [3.05, 3.63) is 65.6 Å². The molecule has 2 rings (SSSR count). The number of hydrogen-bond donors (Lipinski definition) is 0. The zero-order valence-corrected chi connectivity index (χ0v) is 11.5. The molecule has 0 fully saturated rings. The van der Waals surface area contributed by atoms with Gasteiger partial charge in [0.1, 0.15) is 27.3 Å². The second-order valence-electron chi connectivity index (χ2n) is 4.00. The van der Waals surface area contributed by atoms with Crippen molar-refractivity contribution in [2.45, 2.75) is 5.66 Å². The molecule has 0 saturated carbocycles. The predicted molar refractivity (Wildman–Crippen MR) is 68.3 cm³/mol. The van der Waals surface area contributed by atoms with E-state index >= 15 is 0 Å². The average molecular weight is 356 g/mol. The summed E-state index contributed by atoms with van der Waals surface area (Å²) < 4.78 is 40.5. The zero-order valence-electron chi connectivity index (χ0n) is 10.0. The Morgan fingerprint density at radius 2 is 1.50 bits per heavy atom. The van der Waals surface area contributed by atoms with Gasteiger partial charge in [-0.3, -0.25) is 20.2 Å². The van der Waals surface area contributed by atoms with E-state index in [9.17, 15) is 33.4 Å². The van der Waals surface area contributed by atoms with Crippen LogP contribution in [0.1, 0.15) is 5.56 Å². The summed E-state index contributed by atoms with van der Waals surface area (Å²) >= 11 is 10.9. The molecule has 1 aromatic rings. The molecule has 1 aromatic carbocycles. The summed E-state index contributed by atoms with van der Waals surface area (Å²) in [5.41, 5.74) is -6.02. The highest BCUT2D eigenvalue weighted by molar-refractivity contribution is 6.43. The standard InChI is InChI=1S/C10H2Cl2F3N3O4/c11-7-9(12)16-8(10(7,17(19)20)18(21)22)6-4(14)1-3(13)2-5(6)15/h1-2H. The van der Waals surface area contributed by atoms with Crippen LogP contribution in [0.3, 0.4) is 0 Å². The van der Waals surface area contributed by atoms with Gasteiger partial charge >= 0.3 is 5.66 Å². The second-order valence-corrected chi connectivity index (χ2v) is 4.73. The van der Waals surface area contributed by atoms with Crippen molar-refractivity contribution in [1.82, 2.24) is 0 Å². The largest absolute Gasteiger partial charge is 0.540 e. The van der Waals surface area contributed by atoms with Crippen molar-refractivity contribution < 1.29 is 23.0 Å². The molecule has 0 N–H and O–H groups in total. The van der Waals surface area contributed by atoms with Gasteiger partial charge in [-0.25, -0.2) is 18.2 Å². The molecule has 0 saturated heterocycles. The van der Waals surface area contributed by atoms with Gasteiger partial charge in [0, 0.05) is 12.1 Å². The minimum atomic E-state index is -3.47. The number of nitrogens with zero attached hydrogens (tertiary/aromatic N) is 3. The van der Waals surface area contributed by atoms with Crippen LogP contribution in [0.4, 0.5) is 13.2 Å². The summed E-state index contributed by atoms with van der Waals surface area (Å²) in [5.74, 6) is -4.57. The van der Waals surface area contributed by atoms with Gasteiger partial charge < -0.3 is 0 Å². The molecule has 0 aliphatic carbocycles. The molecule has 1 aliphatic heterocycles. The highest BCUT2D eigenvalue weighted by Gasteiger charge is 2.70. The molecule has 0 unspecified atom stereocenters. The summed E-state index contributed by atoms with van der Waals surface area (Å²) in [6.45, 7) is 0. The van der Waals surface area contributed by atoms with E-state index in [2.05, 4.69) is 4.99 Å². The predicted octanol–water partition coefficient (Wildman–Crippen LogP) is 2.80. The first kappa shape index (κ1) is 16.2. The zero-order chi connectivity index (χ0) is 16.8. The highest BCUT2D eigenvalue weighted by atomic mass is 35.5. The number of hydrogen-bond acceptors (Lipinski definition) is 5. The van der Waals surface area contributed by atoms with Gasteiger partial charge in [0.2, 0.25) is 10.7 Å². The van der Waals surface area contributed by atoms with Gasteiger partial charge in [0.25, 0.3) is 0 Å². The third kappa shape index (κ3) is 2.03. The monoisotopic (exact) mass is 355 g/mol. The Morgan fingerprint density at radius 3 is 1.91 bits per heavy atom. The van der Waals surface area contributed by atoms with Gasteiger partial charge in [0.05, 0.1) is 5.56 Å². The van der Waals surface area contributed by atoms with E-state index in [4.69, 9.17) is 23.2 Å². The molecule has 0 amide bonds. The van der Waals surface area contributed by atoms with Crippen molar-refractivity contribution in [2.24, 2.45) is 4.99 Å². The molecule has 0 bridgehead atoms. The summed E-state index contributed by atoms with van der Waals surface area (Å²) in [6, 6.07) is 0.372. The molecule has 0 aromatic heterocycles. The first-order chi connectivity index (χ1) is 10.1. The summed E-state index contributed by atoms with van der Waals surface area (Å²) in [6.07, 6.45) is 0. The molecule has 0 radical (unpaired) electrons. The normalized spacial score (nSPS) is 16.7. The van der Waals surface area contributed by atoms with Gasteiger partial charge in [0.15, 0.2) is 5.16 Å². The maximum Gasteiger partial charge on any atom is 0.540 e. The summed E-state index contributed by atoms with van der Waals surface area (Å²) in [5, 5.41) is 20.4. The maximum atomic E-state index is 13.8. The number of benzene rings is 1. The fraction of sp³-hybridized carbons (Fsp3) is 0.100. The van der Waals surface area contributed by atoms with E-state index in [1.54, 1.807) is 0 Å². The van der Waals surface area contributed by atoms with Crippen LogP contribution in [-0.2, 0) is 0 Å². The number of nitro groups is 2. The van der Waals surface area contributed by atoms with E-state index in [-0.39, 0.29) is 12.1 Å². The van der Waals surface area contributed by atoms with E-state index in [1.165, 1.54) is 0 Å². The first-order valence-electron chi connectivity index (χ1n) is 5.22. The summed E-state index contributed by atoms with van der Waals surface area (Å²) in [7, 11) is 0. The Labute approximate surface area is 129 Å². The summed E-state index contributed by atoms with van der Waals surface area (Å²) in [4.78, 5) is 22.6. The Balaban J connectivity index is 2.84. The molecule has 116 valence electrons. The van der Waals surface area contributed by atoms with Gasteiger partial charge in [-0.1, -0.05) is 23.2 Å². The molecule has 12 heteroatoms. The fourth-order valence-electron chi connectivity index (χ4n) is 1.87. The molecule has 1 aliphatic rings. The SMILES string of the molecule is O=[N+]([O-])C1([N+](=O)[O-])C(c2c(F)cc(F)cc2F)=NC(Cl)=C1Cl. The van der Waals surface area contributed by atoms with Crippen molar-refractivity contribution in [1.29, 1.82) is 0 Å². The van der Waals surface area contributed by atoms with E-state index in [1.807, 2.05) is 0 Å². The van der Waals surface area contributed by atoms with Crippen LogP contribution in [0, 0.1) is 37.7 Å². The third-order valence-electron chi connectivity index (χ3n) is 2.80. The van der Waals surface area contributed by atoms with Crippen LogP contribution >= 0.6 is 23.2 Å². The molecular formula is C10H2Cl2F3N3O4. The van der Waals surface area contributed by atoms with Crippen LogP contribution in [0.25, 0.3) is 0 Å². The lowest BCUT2D eigenvalue weighted by atomic mass is 9.97. The van der Waals surface area contributed by atoms with Crippen LogP contribution in [0.2, 0.25) is 0 Å². The van der Waals surface area contributed by atoms with Crippen molar-refractivity contribution >= 4 is 28.9 Å². The molecule has 0 atom stereocenters. The molecular weight excluding hydrogens is 354 g/mol. The van der Waals surface area contributed by atoms with E-state index in [0.717, 1.165) is 0 Å². The quantitative estimate of drug-likeness (QED) is 0.360. The molecule has 7 nitrogen and oxygen atoms in total. The number of rotatable bonds is 3. The van der Waals surface area contributed by atoms with Gasteiger partial charge in [-0.15, -0.1) is 0 Å². The Morgan fingerprint density at radius 1 is 1.05 bits per heavy atom. The number of aliphatic imine (C=N–C) groups is 1. The van der Waals surface area contributed by atoms with Crippen molar-refractivity contribution in [2.75, 3.05) is 0 Å². The Hall–Kier alpha value is -2.20. The molecule has 0 spiro atoms. The van der Waals surface area contributed by atoms with E-state index in [0.29, 0.717) is 0 Å². The highest BCUT2D eigenvalue weighted by Crippen LogP contribution is 2.41. The second kappa shape index (κ2) is 5.21. The number of halogens is 5. The van der Waals surface area contributed by atoms with Crippen LogP contribution in [0.5, 0.6) is 0 Å². The van der Waals surface area contributed by atoms with Crippen LogP contribution < -0.4 is 0 Å². The van der Waals surface area contributed by atoms with Crippen LogP contribution in [-0.4, -0.2) is 21.2 Å². The minimum Gasteiger partial charge on any atom is -0.258 e. The third-order valence-corrected chi connectivity index (χ3v) is 3.61. The topological polar surface area (TPSA) is 98.6 Å². The van der Waals surface area contributed by atoms with E-state index < -0.39 is 54.4 Å². The van der Waals surface area contributed by atoms with Crippen molar-refractivity contribution in [3.8, 4) is 0 Å². The first-order valence-corrected chi connectivity index (χ1v) is 5.98. The fourth-order valence-corrected chi connectivity index (χ4v) is 2.36. The van der Waals surface area contributed by atoms with Gasteiger partial charge in [-0.05, 0) is 0 Å². The molecule has 22 heavy (non-hydrogen) atoms. The minimum absolute atomic E-state index is 0.186. The lowest BCUT2D eigenvalue weighted by Crippen LogP contribution is -2.53.